The Morgan fingerprint density at radius 3 is 3.00 bits per heavy atom. The number of nitrogens with zero attached hydrogens (tertiary/aromatic N) is 2. The van der Waals surface area contributed by atoms with Gasteiger partial charge in [0.2, 0.25) is 0 Å². The molecule has 0 aliphatic rings. The van der Waals surface area contributed by atoms with Crippen LogP contribution >= 0.6 is 11.6 Å². The highest BCUT2D eigenvalue weighted by molar-refractivity contribution is 6.31. The number of hydrogen-bond acceptors (Lipinski definition) is 4. The van der Waals surface area contributed by atoms with Crippen LogP contribution in [0, 0.1) is 0 Å². The molecule has 1 aromatic carbocycles. The molecule has 0 aliphatic heterocycles. The minimum atomic E-state index is -0.463. The molecule has 0 N–H and O–H groups in total. The van der Waals surface area contributed by atoms with Crippen LogP contribution in [0.15, 0.2) is 29.3 Å². The van der Waals surface area contributed by atoms with Crippen molar-refractivity contribution in [1.82, 2.24) is 9.55 Å². The molecular formula is C12H11ClN2O3. The maximum atomic E-state index is 12.1. The molecule has 0 unspecified atom stereocenters. The van der Waals surface area contributed by atoms with Crippen LogP contribution in [-0.4, -0.2) is 22.1 Å². The van der Waals surface area contributed by atoms with E-state index in [1.807, 2.05) is 0 Å². The van der Waals surface area contributed by atoms with Gasteiger partial charge in [0.05, 0.1) is 23.8 Å². The first kappa shape index (κ1) is 12.6. The van der Waals surface area contributed by atoms with Crippen molar-refractivity contribution in [3.05, 3.63) is 39.9 Å². The molecule has 0 amide bonds. The fourth-order valence-electron chi connectivity index (χ4n) is 1.59. The van der Waals surface area contributed by atoms with Crippen molar-refractivity contribution in [3.63, 3.8) is 0 Å². The zero-order chi connectivity index (χ0) is 13.1. The van der Waals surface area contributed by atoms with Crippen molar-refractivity contribution >= 4 is 28.5 Å². The van der Waals surface area contributed by atoms with Gasteiger partial charge in [0.15, 0.2) is 0 Å². The van der Waals surface area contributed by atoms with E-state index in [4.69, 9.17) is 16.3 Å². The SMILES string of the molecule is CCOC(=O)Cn1cnc2cc(Cl)ccc2c1=O. The molecule has 0 atom stereocenters. The second-order valence-electron chi connectivity index (χ2n) is 3.64. The number of esters is 1. The molecule has 18 heavy (non-hydrogen) atoms. The van der Waals surface area contributed by atoms with E-state index in [0.29, 0.717) is 15.9 Å². The van der Waals surface area contributed by atoms with Crippen LogP contribution in [0.5, 0.6) is 0 Å². The maximum Gasteiger partial charge on any atom is 0.326 e. The van der Waals surface area contributed by atoms with E-state index in [0.717, 1.165) is 0 Å². The predicted molar refractivity (Wildman–Crippen MR) is 67.6 cm³/mol. The number of carbonyl (C=O) groups excluding carboxylic acids is 1. The van der Waals surface area contributed by atoms with E-state index in [-0.39, 0.29) is 18.7 Å². The van der Waals surface area contributed by atoms with Crippen molar-refractivity contribution in [2.45, 2.75) is 13.5 Å². The van der Waals surface area contributed by atoms with E-state index in [1.165, 1.54) is 10.9 Å². The number of fused-ring (bicyclic) bond motifs is 1. The van der Waals surface area contributed by atoms with Crippen molar-refractivity contribution in [2.24, 2.45) is 0 Å². The molecule has 94 valence electrons. The van der Waals surface area contributed by atoms with Gasteiger partial charge in [0.1, 0.15) is 6.54 Å². The Hall–Kier alpha value is -1.88. The number of carbonyl (C=O) groups is 1. The molecule has 5 nitrogen and oxygen atoms in total. The molecule has 0 radical (unpaired) electrons. The smallest absolute Gasteiger partial charge is 0.326 e. The Bertz CT molecular complexity index is 651. The van der Waals surface area contributed by atoms with Crippen LogP contribution in [0.1, 0.15) is 6.92 Å². The summed E-state index contributed by atoms with van der Waals surface area (Å²) in [6.07, 6.45) is 1.32. The van der Waals surface area contributed by atoms with Crippen molar-refractivity contribution in [3.8, 4) is 0 Å². The van der Waals surface area contributed by atoms with Gasteiger partial charge >= 0.3 is 5.97 Å². The second kappa shape index (κ2) is 5.18. The molecule has 1 aromatic heterocycles. The standard InChI is InChI=1S/C12H11ClN2O3/c1-2-18-11(16)6-15-7-14-10-5-8(13)3-4-9(10)12(15)17/h3-5,7H,2,6H2,1H3. The Morgan fingerprint density at radius 1 is 1.50 bits per heavy atom. The molecule has 0 saturated carbocycles. The van der Waals surface area contributed by atoms with Crippen LogP contribution in [0.4, 0.5) is 0 Å². The summed E-state index contributed by atoms with van der Waals surface area (Å²) in [4.78, 5) is 27.5. The fourth-order valence-corrected chi connectivity index (χ4v) is 1.76. The molecule has 1 heterocycles. The normalized spacial score (nSPS) is 10.6. The summed E-state index contributed by atoms with van der Waals surface area (Å²) in [7, 11) is 0. The molecule has 0 spiro atoms. The lowest BCUT2D eigenvalue weighted by Crippen LogP contribution is -2.25. The topological polar surface area (TPSA) is 61.2 Å². The average Bonchev–Trinajstić information content (AvgIpc) is 2.33. The van der Waals surface area contributed by atoms with E-state index < -0.39 is 5.97 Å². The molecule has 6 heteroatoms. The lowest BCUT2D eigenvalue weighted by molar-refractivity contribution is -0.143. The van der Waals surface area contributed by atoms with Gasteiger partial charge in [-0.3, -0.25) is 14.2 Å². The molecule has 2 rings (SSSR count). The van der Waals surface area contributed by atoms with Crippen molar-refractivity contribution in [1.29, 1.82) is 0 Å². The van der Waals surface area contributed by atoms with Gasteiger partial charge < -0.3 is 4.74 Å². The number of ether oxygens (including phenoxy) is 1. The van der Waals surface area contributed by atoms with Crippen LogP contribution in [-0.2, 0) is 16.1 Å². The molecule has 2 aromatic rings. The first-order valence-corrected chi connectivity index (χ1v) is 5.80. The highest BCUT2D eigenvalue weighted by atomic mass is 35.5. The first-order chi connectivity index (χ1) is 8.61. The van der Waals surface area contributed by atoms with Crippen molar-refractivity contribution < 1.29 is 9.53 Å². The van der Waals surface area contributed by atoms with Crippen LogP contribution in [0.25, 0.3) is 10.9 Å². The largest absolute Gasteiger partial charge is 0.465 e. The minimum absolute atomic E-state index is 0.141. The lowest BCUT2D eigenvalue weighted by atomic mass is 10.2. The number of hydrogen-bond donors (Lipinski definition) is 0. The average molecular weight is 267 g/mol. The van der Waals surface area contributed by atoms with E-state index >= 15 is 0 Å². The van der Waals surface area contributed by atoms with Crippen molar-refractivity contribution in [2.75, 3.05) is 6.61 Å². The molecular weight excluding hydrogens is 256 g/mol. The van der Waals surface area contributed by atoms with Gasteiger partial charge in [-0.1, -0.05) is 11.6 Å². The number of benzene rings is 1. The van der Waals surface area contributed by atoms with E-state index in [9.17, 15) is 9.59 Å². The summed E-state index contributed by atoms with van der Waals surface area (Å²) < 4.78 is 6.00. The monoisotopic (exact) mass is 266 g/mol. The summed E-state index contributed by atoms with van der Waals surface area (Å²) in [5, 5.41) is 0.934. The summed E-state index contributed by atoms with van der Waals surface area (Å²) in [5.41, 5.74) is 0.220. The summed E-state index contributed by atoms with van der Waals surface area (Å²) in [6, 6.07) is 4.81. The zero-order valence-electron chi connectivity index (χ0n) is 9.72. The lowest BCUT2D eigenvalue weighted by Gasteiger charge is -2.06. The third-order valence-corrected chi connectivity index (χ3v) is 2.63. The summed E-state index contributed by atoms with van der Waals surface area (Å²) >= 11 is 5.81. The van der Waals surface area contributed by atoms with Gasteiger partial charge in [-0.15, -0.1) is 0 Å². The quantitative estimate of drug-likeness (QED) is 0.792. The number of halogens is 1. The highest BCUT2D eigenvalue weighted by Crippen LogP contribution is 2.13. The van der Waals surface area contributed by atoms with Crippen LogP contribution < -0.4 is 5.56 Å². The van der Waals surface area contributed by atoms with Gasteiger partial charge in [-0.2, -0.15) is 0 Å². The third-order valence-electron chi connectivity index (χ3n) is 2.39. The second-order valence-corrected chi connectivity index (χ2v) is 4.08. The van der Waals surface area contributed by atoms with Gasteiger partial charge in [0.25, 0.3) is 5.56 Å². The predicted octanol–water partition coefficient (Wildman–Crippen LogP) is 1.61. The molecule has 0 aliphatic carbocycles. The minimum Gasteiger partial charge on any atom is -0.465 e. The van der Waals surface area contributed by atoms with Gasteiger partial charge in [0, 0.05) is 5.02 Å². The highest BCUT2D eigenvalue weighted by Gasteiger charge is 2.08. The Morgan fingerprint density at radius 2 is 2.28 bits per heavy atom. The fraction of sp³-hybridized carbons (Fsp3) is 0.250. The molecule has 0 fully saturated rings. The first-order valence-electron chi connectivity index (χ1n) is 5.42. The van der Waals surface area contributed by atoms with Gasteiger partial charge in [-0.25, -0.2) is 4.98 Å². The molecule has 0 saturated heterocycles. The molecule has 0 bridgehead atoms. The maximum absolute atomic E-state index is 12.1. The Labute approximate surface area is 108 Å². The van der Waals surface area contributed by atoms with Crippen LogP contribution in [0.3, 0.4) is 0 Å². The third kappa shape index (κ3) is 2.51. The number of rotatable bonds is 3. The zero-order valence-corrected chi connectivity index (χ0v) is 10.5. The number of aromatic nitrogens is 2. The van der Waals surface area contributed by atoms with E-state index in [1.54, 1.807) is 25.1 Å². The Balaban J connectivity index is 2.42. The Kier molecular flexibility index (Phi) is 3.62. The van der Waals surface area contributed by atoms with Gasteiger partial charge in [-0.05, 0) is 25.1 Å². The van der Waals surface area contributed by atoms with Crippen LogP contribution in [0.2, 0.25) is 5.02 Å². The summed E-state index contributed by atoms with van der Waals surface area (Å²) in [6.45, 7) is 1.85. The van der Waals surface area contributed by atoms with E-state index in [2.05, 4.69) is 4.98 Å². The summed E-state index contributed by atoms with van der Waals surface area (Å²) in [5.74, 6) is -0.463.